The molecule has 1 saturated heterocycles. The Morgan fingerprint density at radius 1 is 1.00 bits per heavy atom. The van der Waals surface area contributed by atoms with Crippen molar-refractivity contribution in [3.8, 4) is 6.07 Å². The first-order valence-electron chi connectivity index (χ1n) is 16.0. The molecule has 3 atom stereocenters. The van der Waals surface area contributed by atoms with Crippen molar-refractivity contribution in [2.45, 2.75) is 88.5 Å². The average Bonchev–Trinajstić information content (AvgIpc) is 3.74. The molecule has 6 bridgehead atoms. The van der Waals surface area contributed by atoms with Gasteiger partial charge in [0.15, 0.2) is 5.65 Å². The number of halogens is 2. The number of aryl methyl sites for hydroxylation is 1. The zero-order valence-corrected chi connectivity index (χ0v) is 25.3. The van der Waals surface area contributed by atoms with Crippen molar-refractivity contribution in [2.75, 3.05) is 25.0 Å². The van der Waals surface area contributed by atoms with Gasteiger partial charge in [-0.25, -0.2) is 8.78 Å². The van der Waals surface area contributed by atoms with Gasteiger partial charge in [0.05, 0.1) is 23.4 Å². The highest BCUT2D eigenvalue weighted by atomic mass is 19.3. The zero-order valence-electron chi connectivity index (χ0n) is 25.3. The summed E-state index contributed by atoms with van der Waals surface area (Å²) in [6, 6.07) is 10.8. The van der Waals surface area contributed by atoms with Gasteiger partial charge in [-0.2, -0.15) is 10.4 Å². The van der Waals surface area contributed by atoms with Gasteiger partial charge in [0, 0.05) is 35.5 Å². The molecular weight excluding hydrogens is 546 g/mol. The van der Waals surface area contributed by atoms with Gasteiger partial charge in [0.25, 0.3) is 11.5 Å². The molecule has 1 aromatic carbocycles. The number of anilines is 1. The van der Waals surface area contributed by atoms with Gasteiger partial charge in [-0.3, -0.25) is 9.36 Å². The molecule has 1 N–H and O–H groups in total. The fourth-order valence-electron chi connectivity index (χ4n) is 7.42. The third-order valence-corrected chi connectivity index (χ3v) is 10.3. The molecule has 0 spiro atoms. The number of nitriles is 1. The van der Waals surface area contributed by atoms with E-state index >= 15 is 8.78 Å². The van der Waals surface area contributed by atoms with Crippen molar-refractivity contribution in [1.29, 1.82) is 5.26 Å². The minimum Gasteiger partial charge on any atom is -0.377 e. The molecule has 3 aliphatic heterocycles. The predicted molar refractivity (Wildman–Crippen MR) is 164 cm³/mol. The fraction of sp³-hybridized carbons (Fsp3) is 0.588. The highest BCUT2D eigenvalue weighted by molar-refractivity contribution is 5.89. The van der Waals surface area contributed by atoms with Crippen LogP contribution in [0, 0.1) is 23.2 Å². The van der Waals surface area contributed by atoms with E-state index in [9.17, 15) is 10.1 Å². The first-order valence-corrected chi connectivity index (χ1v) is 16.0. The van der Waals surface area contributed by atoms with Crippen molar-refractivity contribution >= 4 is 16.7 Å². The van der Waals surface area contributed by atoms with Crippen LogP contribution in [0.1, 0.15) is 93.9 Å². The monoisotopic (exact) mass is 588 g/mol. The van der Waals surface area contributed by atoms with Gasteiger partial charge in [-0.1, -0.05) is 50.3 Å². The number of alkyl halides is 2. The number of fused-ring (bicyclic) bond motifs is 10. The molecule has 3 aromatic rings. The molecule has 7 nitrogen and oxygen atoms in total. The van der Waals surface area contributed by atoms with E-state index in [2.05, 4.69) is 26.5 Å². The molecule has 2 unspecified atom stereocenters. The smallest absolute Gasteiger partial charge is 0.276 e. The number of hydrogen-bond acceptors (Lipinski definition) is 6. The molecule has 43 heavy (non-hydrogen) atoms. The van der Waals surface area contributed by atoms with Crippen molar-refractivity contribution in [2.24, 2.45) is 18.9 Å². The Bertz CT molecular complexity index is 1570. The van der Waals surface area contributed by atoms with Crippen LogP contribution in [0.3, 0.4) is 0 Å². The molecule has 5 heterocycles. The van der Waals surface area contributed by atoms with Crippen molar-refractivity contribution < 1.29 is 8.78 Å². The van der Waals surface area contributed by atoms with Crippen molar-refractivity contribution in [3.63, 3.8) is 0 Å². The second kappa shape index (κ2) is 12.0. The van der Waals surface area contributed by atoms with Crippen LogP contribution in [-0.2, 0) is 18.4 Å². The van der Waals surface area contributed by atoms with Crippen LogP contribution in [0.5, 0.6) is 0 Å². The molecular formula is C34H42F2N6O. The zero-order chi connectivity index (χ0) is 30.2. The second-order valence-electron chi connectivity index (χ2n) is 13.0. The minimum atomic E-state index is -2.90. The first kappa shape index (κ1) is 29.7. The van der Waals surface area contributed by atoms with E-state index < -0.39 is 17.3 Å². The molecule has 228 valence electrons. The molecule has 0 amide bonds. The summed E-state index contributed by atoms with van der Waals surface area (Å²) in [6.45, 7) is 4.37. The minimum absolute atomic E-state index is 0.0599. The van der Waals surface area contributed by atoms with Crippen molar-refractivity contribution in [1.82, 2.24) is 19.7 Å². The fourth-order valence-corrected chi connectivity index (χ4v) is 7.42. The van der Waals surface area contributed by atoms with E-state index in [-0.39, 0.29) is 23.1 Å². The average molecular weight is 589 g/mol. The topological polar surface area (TPSA) is 86.8 Å². The van der Waals surface area contributed by atoms with Crippen LogP contribution in [0.4, 0.5) is 14.5 Å². The summed E-state index contributed by atoms with van der Waals surface area (Å²) in [4.78, 5) is 15.9. The van der Waals surface area contributed by atoms with Crippen LogP contribution in [-0.4, -0.2) is 39.3 Å². The van der Waals surface area contributed by atoms with E-state index in [1.54, 1.807) is 31.4 Å². The summed E-state index contributed by atoms with van der Waals surface area (Å²) >= 11 is 0. The summed E-state index contributed by atoms with van der Waals surface area (Å²) in [6.07, 6.45) is 11.0. The Hall–Kier alpha value is -3.38. The van der Waals surface area contributed by atoms with Crippen LogP contribution < -0.4 is 10.9 Å². The number of nitrogens with zero attached hydrogens (tertiary/aromatic N) is 5. The van der Waals surface area contributed by atoms with Crippen molar-refractivity contribution in [3.05, 3.63) is 63.6 Å². The Morgan fingerprint density at radius 3 is 2.51 bits per heavy atom. The lowest BCUT2D eigenvalue weighted by Crippen LogP contribution is -2.40. The summed E-state index contributed by atoms with van der Waals surface area (Å²) in [5.41, 5.74) is 1.40. The van der Waals surface area contributed by atoms with E-state index in [1.165, 1.54) is 11.0 Å². The van der Waals surface area contributed by atoms with E-state index in [4.69, 9.17) is 0 Å². The number of aromatic nitrogens is 3. The van der Waals surface area contributed by atoms with E-state index in [0.717, 1.165) is 63.7 Å². The Morgan fingerprint density at radius 2 is 1.74 bits per heavy atom. The normalized spacial score (nSPS) is 29.7. The molecule has 7 rings (SSSR count). The van der Waals surface area contributed by atoms with Crippen LogP contribution in [0.15, 0.2) is 41.3 Å². The molecule has 1 saturated carbocycles. The molecule has 0 radical (unpaired) electrons. The highest BCUT2D eigenvalue weighted by Crippen LogP contribution is 2.55. The standard InChI is InChI=1S/C34H42F2N6O/c1-23-24-10-9-12-26(18-24)34(35,36)25-13-16-42(17-14-25)15-8-6-4-3-5-7-11-27-20-33(27,22-37)29-19-28-30(39-23)21-38-40-31(28)41(2)32(29)43/h9-10,12,18-19,21,23,25,27,39H,3-8,11,13-17,20H2,1-2H3/t23-,27?,33?/m1/s1. The number of nitrogens with one attached hydrogen (secondary N) is 1. The lowest BCUT2D eigenvalue weighted by Gasteiger charge is -2.36. The lowest BCUT2D eigenvalue weighted by molar-refractivity contribution is -0.0855. The van der Waals surface area contributed by atoms with Gasteiger partial charge in [-0.05, 0) is 82.3 Å². The molecule has 2 aromatic heterocycles. The number of rotatable bonds is 0. The number of piperidine rings is 1. The molecule has 1 aliphatic carbocycles. The van der Waals surface area contributed by atoms with Gasteiger partial charge >= 0.3 is 0 Å². The van der Waals surface area contributed by atoms with Crippen LogP contribution >= 0.6 is 0 Å². The van der Waals surface area contributed by atoms with E-state index in [1.807, 2.05) is 19.1 Å². The summed E-state index contributed by atoms with van der Waals surface area (Å²) in [5.74, 6) is -3.40. The van der Waals surface area contributed by atoms with Gasteiger partial charge in [0.2, 0.25) is 0 Å². The maximum atomic E-state index is 15.8. The van der Waals surface area contributed by atoms with Crippen LogP contribution in [0.2, 0.25) is 0 Å². The predicted octanol–water partition coefficient (Wildman–Crippen LogP) is 6.83. The molecule has 4 aliphatic rings. The summed E-state index contributed by atoms with van der Waals surface area (Å²) in [5, 5.41) is 22.8. The highest BCUT2D eigenvalue weighted by Gasteiger charge is 2.57. The van der Waals surface area contributed by atoms with Gasteiger partial charge < -0.3 is 10.2 Å². The molecule has 2 fully saturated rings. The third kappa shape index (κ3) is 5.66. The number of benzene rings is 1. The third-order valence-electron chi connectivity index (χ3n) is 10.3. The maximum absolute atomic E-state index is 15.8. The maximum Gasteiger partial charge on any atom is 0.276 e. The summed E-state index contributed by atoms with van der Waals surface area (Å²) in [7, 11) is 1.67. The van der Waals surface area contributed by atoms with Gasteiger partial charge in [0.1, 0.15) is 0 Å². The van der Waals surface area contributed by atoms with Gasteiger partial charge in [-0.15, -0.1) is 5.10 Å². The largest absolute Gasteiger partial charge is 0.377 e. The number of hydrogen-bond donors (Lipinski definition) is 1. The second-order valence-corrected chi connectivity index (χ2v) is 13.0. The quantitative estimate of drug-likeness (QED) is 0.310. The molecule has 9 heteroatoms. The lowest BCUT2D eigenvalue weighted by atomic mass is 9.85. The Balaban J connectivity index is 1.35. The Labute approximate surface area is 252 Å². The first-order chi connectivity index (χ1) is 20.7. The van der Waals surface area contributed by atoms with Crippen LogP contribution in [0.25, 0.3) is 11.0 Å². The number of pyridine rings is 1. The SMILES string of the molecule is C[C@H]1Nc2cnnc3c2cc(c(=O)n3C)C2(C#N)CC2CCCCCCCCN2CCC(CC2)C(F)(F)c2cccc1c2. The van der Waals surface area contributed by atoms with E-state index in [0.29, 0.717) is 41.5 Å². The summed E-state index contributed by atoms with van der Waals surface area (Å²) < 4.78 is 33.2. The Kier molecular flexibility index (Phi) is 8.25.